The third kappa shape index (κ3) is 3.52. The minimum absolute atomic E-state index is 0.0382. The van der Waals surface area contributed by atoms with Gasteiger partial charge in [-0.25, -0.2) is 0 Å². The predicted molar refractivity (Wildman–Crippen MR) is 100.0 cm³/mol. The van der Waals surface area contributed by atoms with Crippen molar-refractivity contribution >= 4 is 5.78 Å². The zero-order valence-electron chi connectivity index (χ0n) is 15.8. The van der Waals surface area contributed by atoms with Gasteiger partial charge in [-0.3, -0.25) is 4.79 Å². The molecule has 0 spiro atoms. The number of ether oxygens (including phenoxy) is 3. The van der Waals surface area contributed by atoms with Crippen molar-refractivity contribution in [1.82, 2.24) is 0 Å². The summed E-state index contributed by atoms with van der Waals surface area (Å²) in [4.78, 5) is 12.7. The molecule has 1 fully saturated rings. The summed E-state index contributed by atoms with van der Waals surface area (Å²) in [5.41, 5.74) is 0.281. The molecular formula is C20H20O11. The second-order valence-corrected chi connectivity index (χ2v) is 7.21. The van der Waals surface area contributed by atoms with Gasteiger partial charge in [0.25, 0.3) is 0 Å². The molecule has 0 saturated carbocycles. The number of Topliss-reactive ketones (excluding diaryl/α,β-unsaturated/α-hetero) is 1. The first-order chi connectivity index (χ1) is 14.7. The number of fused-ring (bicyclic) bond motifs is 1. The topological polar surface area (TPSA) is 186 Å². The second-order valence-electron chi connectivity index (χ2n) is 7.21. The SMILES string of the molecule is O=C1c2ccc(O[C@H]3O[C@@H](CO)[C@@H](O)[C@@H](O)[C@@H]3O)c(O)c2O[C@H]1c1ccc(O)c(O)c1. The van der Waals surface area contributed by atoms with E-state index >= 15 is 0 Å². The molecule has 2 aromatic carbocycles. The van der Waals surface area contributed by atoms with Gasteiger partial charge in [0.15, 0.2) is 29.1 Å². The fraction of sp³-hybridized carbons (Fsp3) is 0.350. The summed E-state index contributed by atoms with van der Waals surface area (Å²) < 4.78 is 16.2. The van der Waals surface area contributed by atoms with Crippen LogP contribution in [-0.2, 0) is 4.74 Å². The van der Waals surface area contributed by atoms with Gasteiger partial charge in [-0.05, 0) is 24.3 Å². The maximum absolute atomic E-state index is 12.7. The lowest BCUT2D eigenvalue weighted by Crippen LogP contribution is -2.60. The Kier molecular flexibility index (Phi) is 5.37. The number of aliphatic hydroxyl groups is 4. The molecule has 0 unspecified atom stereocenters. The highest BCUT2D eigenvalue weighted by molar-refractivity contribution is 6.06. The zero-order chi connectivity index (χ0) is 22.4. The molecule has 0 radical (unpaired) electrons. The lowest BCUT2D eigenvalue weighted by molar-refractivity contribution is -0.277. The molecule has 4 rings (SSSR count). The van der Waals surface area contributed by atoms with Crippen molar-refractivity contribution in [2.24, 2.45) is 0 Å². The molecule has 2 aromatic rings. The average Bonchev–Trinajstić information content (AvgIpc) is 3.09. The Morgan fingerprint density at radius 3 is 2.35 bits per heavy atom. The Balaban J connectivity index is 1.59. The largest absolute Gasteiger partial charge is 0.504 e. The van der Waals surface area contributed by atoms with E-state index in [1.807, 2.05) is 0 Å². The number of phenols is 3. The number of aromatic hydroxyl groups is 3. The number of carbonyl (C=O) groups excluding carboxylic acids is 1. The molecule has 2 aliphatic heterocycles. The van der Waals surface area contributed by atoms with Gasteiger partial charge < -0.3 is 50.0 Å². The molecule has 6 atom stereocenters. The number of rotatable bonds is 4. The Labute approximate surface area is 174 Å². The van der Waals surface area contributed by atoms with Gasteiger partial charge in [-0.15, -0.1) is 0 Å². The zero-order valence-corrected chi connectivity index (χ0v) is 15.8. The van der Waals surface area contributed by atoms with Crippen molar-refractivity contribution in [2.75, 3.05) is 6.61 Å². The minimum Gasteiger partial charge on any atom is -0.504 e. The van der Waals surface area contributed by atoms with Crippen LogP contribution in [0.3, 0.4) is 0 Å². The first-order valence-corrected chi connectivity index (χ1v) is 9.28. The Bertz CT molecular complexity index is 1000. The Morgan fingerprint density at radius 1 is 0.935 bits per heavy atom. The number of hydrogen-bond donors (Lipinski definition) is 7. The lowest BCUT2D eigenvalue weighted by Gasteiger charge is -2.39. The number of hydrogen-bond acceptors (Lipinski definition) is 11. The third-order valence-corrected chi connectivity index (χ3v) is 5.23. The van der Waals surface area contributed by atoms with E-state index < -0.39 is 60.7 Å². The molecular weight excluding hydrogens is 416 g/mol. The summed E-state index contributed by atoms with van der Waals surface area (Å²) in [6.45, 7) is -0.653. The molecule has 7 N–H and O–H groups in total. The molecule has 0 amide bonds. The van der Waals surface area contributed by atoms with Crippen molar-refractivity contribution in [3.63, 3.8) is 0 Å². The molecule has 11 heteroatoms. The number of carbonyl (C=O) groups is 1. The van der Waals surface area contributed by atoms with Crippen LogP contribution in [0.15, 0.2) is 30.3 Å². The second kappa shape index (κ2) is 7.87. The first-order valence-electron chi connectivity index (χ1n) is 9.28. The first kappa shape index (κ1) is 21.2. The molecule has 0 bridgehead atoms. The summed E-state index contributed by atoms with van der Waals surface area (Å²) >= 11 is 0. The molecule has 2 aliphatic rings. The van der Waals surface area contributed by atoms with Gasteiger partial charge in [-0.2, -0.15) is 0 Å². The maximum Gasteiger partial charge on any atom is 0.229 e. The van der Waals surface area contributed by atoms with Crippen molar-refractivity contribution in [3.05, 3.63) is 41.5 Å². The molecule has 31 heavy (non-hydrogen) atoms. The minimum atomic E-state index is -1.69. The van der Waals surface area contributed by atoms with E-state index in [0.29, 0.717) is 0 Å². The quantitative estimate of drug-likeness (QED) is 0.300. The smallest absolute Gasteiger partial charge is 0.229 e. The van der Waals surface area contributed by atoms with Crippen LogP contribution in [0.25, 0.3) is 0 Å². The molecule has 166 valence electrons. The monoisotopic (exact) mass is 436 g/mol. The molecule has 11 nitrogen and oxygen atoms in total. The summed E-state index contributed by atoms with van der Waals surface area (Å²) in [5.74, 6) is -2.34. The van der Waals surface area contributed by atoms with E-state index in [9.17, 15) is 40.5 Å². The van der Waals surface area contributed by atoms with Crippen LogP contribution >= 0.6 is 0 Å². The Hall–Kier alpha value is -3.09. The van der Waals surface area contributed by atoms with E-state index in [1.165, 1.54) is 24.3 Å². The number of aliphatic hydroxyl groups excluding tert-OH is 4. The molecule has 2 heterocycles. The summed E-state index contributed by atoms with van der Waals surface area (Å²) in [6, 6.07) is 6.28. The van der Waals surface area contributed by atoms with Gasteiger partial charge in [0.05, 0.1) is 12.2 Å². The summed E-state index contributed by atoms with van der Waals surface area (Å²) in [6.07, 6.45) is -8.87. The number of benzene rings is 2. The van der Waals surface area contributed by atoms with Crippen molar-refractivity contribution < 1.29 is 54.8 Å². The van der Waals surface area contributed by atoms with E-state index in [4.69, 9.17) is 14.2 Å². The van der Waals surface area contributed by atoms with E-state index in [-0.39, 0.29) is 28.4 Å². The number of ketones is 1. The Morgan fingerprint density at radius 2 is 1.68 bits per heavy atom. The van der Waals surface area contributed by atoms with Crippen LogP contribution in [0.5, 0.6) is 28.7 Å². The van der Waals surface area contributed by atoms with E-state index in [2.05, 4.69) is 0 Å². The van der Waals surface area contributed by atoms with Crippen LogP contribution in [0.1, 0.15) is 22.0 Å². The molecule has 0 aliphatic carbocycles. The third-order valence-electron chi connectivity index (χ3n) is 5.23. The predicted octanol–water partition coefficient (Wildman–Crippen LogP) is -0.702. The van der Waals surface area contributed by atoms with Crippen LogP contribution in [0.4, 0.5) is 0 Å². The highest BCUT2D eigenvalue weighted by atomic mass is 16.7. The molecule has 0 aromatic heterocycles. The average molecular weight is 436 g/mol. The number of phenolic OH excluding ortho intramolecular Hbond substituents is 3. The summed E-state index contributed by atoms with van der Waals surface area (Å²) in [7, 11) is 0. The highest BCUT2D eigenvalue weighted by Gasteiger charge is 2.45. The summed E-state index contributed by atoms with van der Waals surface area (Å²) in [5, 5.41) is 68.7. The lowest BCUT2D eigenvalue weighted by atomic mass is 9.99. The standard InChI is InChI=1S/C20H20O11/c21-6-12-14(25)16(27)17(28)20(30-12)29-11-4-2-8-13(24)18(31-19(8)15(11)26)7-1-3-9(22)10(23)5-7/h1-5,12,14,16-18,20-23,25-28H,6H2/t12-,14+,16+,17-,18-,20-/m0/s1. The van der Waals surface area contributed by atoms with Crippen LogP contribution < -0.4 is 9.47 Å². The van der Waals surface area contributed by atoms with Crippen molar-refractivity contribution in [1.29, 1.82) is 0 Å². The van der Waals surface area contributed by atoms with Crippen LogP contribution in [0, 0.1) is 0 Å². The van der Waals surface area contributed by atoms with Gasteiger partial charge in [-0.1, -0.05) is 6.07 Å². The van der Waals surface area contributed by atoms with Gasteiger partial charge in [0, 0.05) is 5.56 Å². The van der Waals surface area contributed by atoms with Crippen molar-refractivity contribution in [2.45, 2.75) is 36.8 Å². The van der Waals surface area contributed by atoms with E-state index in [0.717, 1.165) is 6.07 Å². The highest BCUT2D eigenvalue weighted by Crippen LogP contribution is 2.48. The fourth-order valence-electron chi connectivity index (χ4n) is 3.49. The normalized spacial score (nSPS) is 30.0. The van der Waals surface area contributed by atoms with Crippen LogP contribution in [0.2, 0.25) is 0 Å². The maximum atomic E-state index is 12.7. The van der Waals surface area contributed by atoms with Crippen LogP contribution in [-0.4, -0.2) is 78.8 Å². The van der Waals surface area contributed by atoms with Gasteiger partial charge in [0.2, 0.25) is 17.8 Å². The fourth-order valence-corrected chi connectivity index (χ4v) is 3.49. The van der Waals surface area contributed by atoms with Gasteiger partial charge in [0.1, 0.15) is 24.4 Å². The van der Waals surface area contributed by atoms with E-state index in [1.54, 1.807) is 0 Å². The van der Waals surface area contributed by atoms with Gasteiger partial charge >= 0.3 is 0 Å². The molecule has 1 saturated heterocycles. The van der Waals surface area contributed by atoms with Crippen molar-refractivity contribution in [3.8, 4) is 28.7 Å².